The molecule has 1 aromatic heterocycles. The third-order valence-electron chi connectivity index (χ3n) is 4.79. The standard InChI is InChI=1S/C22H23N3O3S/c1-27-18-9-7-17(8-10-18)21(26)24-22-23-20(16-5-3-2-4-6-16)19(29-22)15-25-11-13-28-14-12-25/h2-10H,11-15H2,1H3,(H,23,24,26). The van der Waals surface area contributed by atoms with Gasteiger partial charge in [0.15, 0.2) is 5.13 Å². The molecule has 150 valence electrons. The molecule has 0 atom stereocenters. The number of thiazole rings is 1. The molecule has 2 aromatic carbocycles. The quantitative estimate of drug-likeness (QED) is 0.669. The first-order valence-corrected chi connectivity index (χ1v) is 10.4. The minimum absolute atomic E-state index is 0.182. The summed E-state index contributed by atoms with van der Waals surface area (Å²) >= 11 is 1.53. The highest BCUT2D eigenvalue weighted by Gasteiger charge is 2.19. The summed E-state index contributed by atoms with van der Waals surface area (Å²) in [6.07, 6.45) is 0. The van der Waals surface area contributed by atoms with E-state index >= 15 is 0 Å². The minimum atomic E-state index is -0.182. The molecule has 0 saturated carbocycles. The zero-order valence-electron chi connectivity index (χ0n) is 16.3. The molecule has 1 aliphatic rings. The van der Waals surface area contributed by atoms with E-state index in [0.717, 1.165) is 54.7 Å². The third-order valence-corrected chi connectivity index (χ3v) is 5.74. The van der Waals surface area contributed by atoms with E-state index in [-0.39, 0.29) is 5.91 Å². The molecule has 0 unspecified atom stereocenters. The highest BCUT2D eigenvalue weighted by atomic mass is 32.1. The largest absolute Gasteiger partial charge is 0.497 e. The van der Waals surface area contributed by atoms with E-state index in [1.807, 2.05) is 30.3 Å². The number of anilines is 1. The van der Waals surface area contributed by atoms with Gasteiger partial charge in [0, 0.05) is 35.6 Å². The molecule has 3 aromatic rings. The van der Waals surface area contributed by atoms with Crippen LogP contribution in [0.15, 0.2) is 54.6 Å². The molecule has 0 aliphatic carbocycles. The third kappa shape index (κ3) is 4.82. The molecule has 1 aliphatic heterocycles. The highest BCUT2D eigenvalue weighted by Crippen LogP contribution is 2.32. The number of nitrogens with one attached hydrogen (secondary N) is 1. The fourth-order valence-corrected chi connectivity index (χ4v) is 4.23. The number of morpholine rings is 1. The Balaban J connectivity index is 1.57. The second kappa shape index (κ2) is 9.17. The van der Waals surface area contributed by atoms with E-state index in [1.165, 1.54) is 11.3 Å². The van der Waals surface area contributed by atoms with Crippen LogP contribution in [0.5, 0.6) is 5.75 Å². The number of ether oxygens (including phenoxy) is 2. The molecule has 1 saturated heterocycles. The van der Waals surface area contributed by atoms with Crippen LogP contribution in [0, 0.1) is 0 Å². The predicted molar refractivity (Wildman–Crippen MR) is 115 cm³/mol. The summed E-state index contributed by atoms with van der Waals surface area (Å²) in [5.41, 5.74) is 2.54. The van der Waals surface area contributed by atoms with E-state index in [2.05, 4.69) is 10.2 Å². The first-order chi connectivity index (χ1) is 14.2. The second-order valence-corrected chi connectivity index (χ2v) is 7.81. The van der Waals surface area contributed by atoms with Crippen LogP contribution in [-0.4, -0.2) is 49.2 Å². The monoisotopic (exact) mass is 409 g/mol. The van der Waals surface area contributed by atoms with Gasteiger partial charge in [-0.3, -0.25) is 15.0 Å². The number of benzene rings is 2. The summed E-state index contributed by atoms with van der Waals surface area (Å²) < 4.78 is 10.6. The van der Waals surface area contributed by atoms with Gasteiger partial charge < -0.3 is 9.47 Å². The van der Waals surface area contributed by atoms with Gasteiger partial charge >= 0.3 is 0 Å². The first kappa shape index (κ1) is 19.6. The van der Waals surface area contributed by atoms with Crippen LogP contribution in [0.4, 0.5) is 5.13 Å². The van der Waals surface area contributed by atoms with Gasteiger partial charge in [-0.2, -0.15) is 0 Å². The maximum Gasteiger partial charge on any atom is 0.257 e. The van der Waals surface area contributed by atoms with Gasteiger partial charge in [-0.25, -0.2) is 4.98 Å². The van der Waals surface area contributed by atoms with Crippen LogP contribution in [-0.2, 0) is 11.3 Å². The van der Waals surface area contributed by atoms with Crippen molar-refractivity contribution in [3.05, 3.63) is 65.0 Å². The molecule has 2 heterocycles. The zero-order valence-corrected chi connectivity index (χ0v) is 17.1. The molecular weight excluding hydrogens is 386 g/mol. The van der Waals surface area contributed by atoms with E-state index in [9.17, 15) is 4.79 Å². The van der Waals surface area contributed by atoms with Gasteiger partial charge in [0.25, 0.3) is 5.91 Å². The maximum atomic E-state index is 12.6. The van der Waals surface area contributed by atoms with Crippen molar-refractivity contribution in [1.82, 2.24) is 9.88 Å². The summed E-state index contributed by atoms with van der Waals surface area (Å²) in [4.78, 5) is 20.9. The van der Waals surface area contributed by atoms with Gasteiger partial charge in [-0.15, -0.1) is 0 Å². The molecule has 1 fully saturated rings. The van der Waals surface area contributed by atoms with Crippen molar-refractivity contribution in [2.24, 2.45) is 0 Å². The van der Waals surface area contributed by atoms with Gasteiger partial charge in [0.2, 0.25) is 0 Å². The second-order valence-electron chi connectivity index (χ2n) is 6.73. The van der Waals surface area contributed by atoms with Crippen LogP contribution < -0.4 is 10.1 Å². The fourth-order valence-electron chi connectivity index (χ4n) is 3.21. The van der Waals surface area contributed by atoms with Crippen molar-refractivity contribution >= 4 is 22.4 Å². The van der Waals surface area contributed by atoms with Crippen molar-refractivity contribution in [1.29, 1.82) is 0 Å². The molecule has 1 N–H and O–H groups in total. The lowest BCUT2D eigenvalue weighted by atomic mass is 10.1. The Kier molecular flexibility index (Phi) is 6.19. The van der Waals surface area contributed by atoms with Crippen molar-refractivity contribution in [3.8, 4) is 17.0 Å². The van der Waals surface area contributed by atoms with E-state index < -0.39 is 0 Å². The smallest absolute Gasteiger partial charge is 0.257 e. The van der Waals surface area contributed by atoms with Crippen molar-refractivity contribution in [2.45, 2.75) is 6.54 Å². The average molecular weight is 410 g/mol. The zero-order chi connectivity index (χ0) is 20.1. The Morgan fingerprint density at radius 1 is 1.14 bits per heavy atom. The summed E-state index contributed by atoms with van der Waals surface area (Å²) in [6.45, 7) is 4.10. The topological polar surface area (TPSA) is 63.7 Å². The highest BCUT2D eigenvalue weighted by molar-refractivity contribution is 7.16. The van der Waals surface area contributed by atoms with Crippen LogP contribution in [0.2, 0.25) is 0 Å². The molecule has 0 spiro atoms. The van der Waals surface area contributed by atoms with Crippen LogP contribution in [0.25, 0.3) is 11.3 Å². The van der Waals surface area contributed by atoms with Gasteiger partial charge in [0.05, 0.1) is 26.0 Å². The summed E-state index contributed by atoms with van der Waals surface area (Å²) in [5, 5.41) is 3.55. The lowest BCUT2D eigenvalue weighted by molar-refractivity contribution is 0.0347. The number of amides is 1. The van der Waals surface area contributed by atoms with E-state index in [4.69, 9.17) is 14.5 Å². The Morgan fingerprint density at radius 2 is 1.86 bits per heavy atom. The van der Waals surface area contributed by atoms with Crippen LogP contribution in [0.1, 0.15) is 15.2 Å². The fraction of sp³-hybridized carbons (Fsp3) is 0.273. The SMILES string of the molecule is COc1ccc(C(=O)Nc2nc(-c3ccccc3)c(CN3CCOCC3)s2)cc1. The first-order valence-electron chi connectivity index (χ1n) is 9.53. The normalized spacial score (nSPS) is 14.5. The van der Waals surface area contributed by atoms with Crippen LogP contribution >= 0.6 is 11.3 Å². The molecule has 0 bridgehead atoms. The van der Waals surface area contributed by atoms with Crippen molar-refractivity contribution in [2.75, 3.05) is 38.7 Å². The average Bonchev–Trinajstić information content (AvgIpc) is 3.17. The minimum Gasteiger partial charge on any atom is -0.497 e. The molecule has 29 heavy (non-hydrogen) atoms. The molecular formula is C22H23N3O3S. The lowest BCUT2D eigenvalue weighted by Crippen LogP contribution is -2.35. The molecule has 1 amide bonds. The maximum absolute atomic E-state index is 12.6. The number of nitrogens with zero attached hydrogens (tertiary/aromatic N) is 2. The number of hydrogen-bond acceptors (Lipinski definition) is 6. The predicted octanol–water partition coefficient (Wildman–Crippen LogP) is 3.90. The van der Waals surface area contributed by atoms with Crippen molar-refractivity contribution in [3.63, 3.8) is 0 Å². The Hall–Kier alpha value is -2.74. The number of rotatable bonds is 6. The number of carbonyl (C=O) groups is 1. The Labute approximate surface area is 174 Å². The summed E-state index contributed by atoms with van der Waals surface area (Å²) in [5.74, 6) is 0.536. The number of aromatic nitrogens is 1. The van der Waals surface area contributed by atoms with Crippen LogP contribution in [0.3, 0.4) is 0 Å². The Bertz CT molecular complexity index is 951. The van der Waals surface area contributed by atoms with Gasteiger partial charge in [-0.05, 0) is 24.3 Å². The molecule has 6 nitrogen and oxygen atoms in total. The molecule has 4 rings (SSSR count). The number of carbonyl (C=O) groups excluding carboxylic acids is 1. The number of methoxy groups -OCH3 is 1. The summed E-state index contributed by atoms with van der Waals surface area (Å²) in [6, 6.07) is 17.1. The Morgan fingerprint density at radius 3 is 2.55 bits per heavy atom. The lowest BCUT2D eigenvalue weighted by Gasteiger charge is -2.26. The van der Waals surface area contributed by atoms with Gasteiger partial charge in [0.1, 0.15) is 5.75 Å². The molecule has 7 heteroatoms. The van der Waals surface area contributed by atoms with E-state index in [0.29, 0.717) is 10.7 Å². The van der Waals surface area contributed by atoms with E-state index in [1.54, 1.807) is 31.4 Å². The van der Waals surface area contributed by atoms with Crippen molar-refractivity contribution < 1.29 is 14.3 Å². The number of hydrogen-bond donors (Lipinski definition) is 1. The molecule has 0 radical (unpaired) electrons. The van der Waals surface area contributed by atoms with Gasteiger partial charge in [-0.1, -0.05) is 41.7 Å². The summed E-state index contributed by atoms with van der Waals surface area (Å²) in [7, 11) is 1.60.